The van der Waals surface area contributed by atoms with E-state index in [1.807, 2.05) is 24.3 Å². The van der Waals surface area contributed by atoms with E-state index in [0.717, 1.165) is 68.0 Å². The summed E-state index contributed by atoms with van der Waals surface area (Å²) in [6.45, 7) is 0.958. The molecule has 4 rings (SSSR count). The zero-order valence-corrected chi connectivity index (χ0v) is 15.2. The van der Waals surface area contributed by atoms with Gasteiger partial charge in [-0.15, -0.1) is 10.2 Å². The third-order valence-electron chi connectivity index (χ3n) is 5.69. The molecule has 2 aromatic rings. The largest absolute Gasteiger partial charge is 0.324 e. The molecule has 0 bridgehead atoms. The minimum Gasteiger partial charge on any atom is -0.324 e. The second-order valence-electron chi connectivity index (χ2n) is 7.65. The lowest BCUT2D eigenvalue weighted by molar-refractivity contribution is -0.122. The molecular weight excluding hydrogens is 326 g/mol. The summed E-state index contributed by atoms with van der Waals surface area (Å²) in [7, 11) is 0. The fourth-order valence-corrected chi connectivity index (χ4v) is 4.10. The van der Waals surface area contributed by atoms with Crippen LogP contribution in [0.2, 0.25) is 0 Å². The molecule has 6 heteroatoms. The summed E-state index contributed by atoms with van der Waals surface area (Å²) in [5.74, 6) is 1.88. The van der Waals surface area contributed by atoms with Crippen LogP contribution < -0.4 is 11.1 Å². The van der Waals surface area contributed by atoms with Crippen LogP contribution in [0.4, 0.5) is 5.69 Å². The van der Waals surface area contributed by atoms with Gasteiger partial charge < -0.3 is 15.6 Å². The first-order chi connectivity index (χ1) is 12.7. The molecule has 1 fully saturated rings. The van der Waals surface area contributed by atoms with Gasteiger partial charge in [0, 0.05) is 24.2 Å². The molecule has 6 nitrogen and oxygen atoms in total. The Morgan fingerprint density at radius 2 is 1.88 bits per heavy atom. The number of aryl methyl sites for hydroxylation is 1. The first-order valence-electron chi connectivity index (χ1n) is 9.79. The standard InChI is InChI=1S/C20H27N5O/c21-20(11-4-2-5-12-20)19(26)22-16-9-7-8-15(14-16)18-24-23-17-10-3-1-6-13-25(17)18/h7-9,14H,1-6,10-13,21H2,(H,22,26). The predicted octanol–water partition coefficient (Wildman–Crippen LogP) is 3.27. The Balaban J connectivity index is 1.56. The number of nitrogens with one attached hydrogen (secondary N) is 1. The van der Waals surface area contributed by atoms with Gasteiger partial charge in [0.1, 0.15) is 5.82 Å². The number of fused-ring (bicyclic) bond motifs is 1. The van der Waals surface area contributed by atoms with Crippen LogP contribution in [0.5, 0.6) is 0 Å². The topological polar surface area (TPSA) is 85.8 Å². The highest BCUT2D eigenvalue weighted by Gasteiger charge is 2.35. The SMILES string of the molecule is NC1(C(=O)Nc2cccc(-c3nnc4n3CCCCC4)c2)CCCCC1. The van der Waals surface area contributed by atoms with E-state index in [9.17, 15) is 4.79 Å². The van der Waals surface area contributed by atoms with Crippen LogP contribution in [0.15, 0.2) is 24.3 Å². The number of carbonyl (C=O) groups excluding carboxylic acids is 1. The van der Waals surface area contributed by atoms with E-state index in [-0.39, 0.29) is 5.91 Å². The highest BCUT2D eigenvalue weighted by molar-refractivity contribution is 5.98. The lowest BCUT2D eigenvalue weighted by atomic mass is 9.82. The number of nitrogens with zero attached hydrogens (tertiary/aromatic N) is 3. The van der Waals surface area contributed by atoms with Crippen LogP contribution in [0, 0.1) is 0 Å². The average molecular weight is 353 g/mol. The molecule has 26 heavy (non-hydrogen) atoms. The van der Waals surface area contributed by atoms with Crippen LogP contribution >= 0.6 is 0 Å². The van der Waals surface area contributed by atoms with Crippen molar-refractivity contribution in [2.24, 2.45) is 5.73 Å². The maximum atomic E-state index is 12.7. The van der Waals surface area contributed by atoms with Crippen molar-refractivity contribution >= 4 is 11.6 Å². The van der Waals surface area contributed by atoms with Gasteiger partial charge in [0.25, 0.3) is 0 Å². The molecule has 2 aliphatic rings. The molecule has 1 aromatic heterocycles. The van der Waals surface area contributed by atoms with Crippen molar-refractivity contribution in [3.05, 3.63) is 30.1 Å². The zero-order valence-electron chi connectivity index (χ0n) is 15.2. The van der Waals surface area contributed by atoms with Gasteiger partial charge in [-0.3, -0.25) is 4.79 Å². The Morgan fingerprint density at radius 1 is 1.08 bits per heavy atom. The first-order valence-corrected chi connectivity index (χ1v) is 9.79. The number of amides is 1. The van der Waals surface area contributed by atoms with Crippen molar-refractivity contribution in [2.45, 2.75) is 69.9 Å². The fraction of sp³-hybridized carbons (Fsp3) is 0.550. The van der Waals surface area contributed by atoms with E-state index in [1.165, 1.54) is 19.3 Å². The van der Waals surface area contributed by atoms with Crippen LogP contribution in [0.3, 0.4) is 0 Å². The number of carbonyl (C=O) groups is 1. The molecule has 2 heterocycles. The molecule has 0 atom stereocenters. The minimum absolute atomic E-state index is 0.0746. The summed E-state index contributed by atoms with van der Waals surface area (Å²) in [5, 5.41) is 11.8. The number of anilines is 1. The van der Waals surface area contributed by atoms with E-state index >= 15 is 0 Å². The van der Waals surface area contributed by atoms with Crippen molar-refractivity contribution in [2.75, 3.05) is 5.32 Å². The Morgan fingerprint density at radius 3 is 2.73 bits per heavy atom. The molecule has 1 amide bonds. The van der Waals surface area contributed by atoms with Gasteiger partial charge in [0.05, 0.1) is 5.54 Å². The molecule has 0 unspecified atom stereocenters. The maximum Gasteiger partial charge on any atom is 0.244 e. The molecule has 3 N–H and O–H groups in total. The van der Waals surface area contributed by atoms with Gasteiger partial charge in [0.2, 0.25) is 5.91 Å². The average Bonchev–Trinajstić information content (AvgIpc) is 2.91. The minimum atomic E-state index is -0.736. The van der Waals surface area contributed by atoms with Crippen LogP contribution in [0.1, 0.15) is 57.2 Å². The molecular formula is C20H27N5O. The lowest BCUT2D eigenvalue weighted by Gasteiger charge is -2.31. The number of aromatic nitrogens is 3. The van der Waals surface area contributed by atoms with Crippen molar-refractivity contribution in [1.29, 1.82) is 0 Å². The molecule has 0 radical (unpaired) electrons. The quantitative estimate of drug-likeness (QED) is 0.887. The Kier molecular flexibility index (Phi) is 4.76. The summed E-state index contributed by atoms with van der Waals surface area (Å²) in [6, 6.07) is 7.86. The van der Waals surface area contributed by atoms with Gasteiger partial charge in [-0.2, -0.15) is 0 Å². The molecule has 1 aromatic carbocycles. The molecule has 138 valence electrons. The Hall–Kier alpha value is -2.21. The first kappa shape index (κ1) is 17.2. The molecule has 0 spiro atoms. The summed E-state index contributed by atoms with van der Waals surface area (Å²) in [4.78, 5) is 12.7. The fourth-order valence-electron chi connectivity index (χ4n) is 4.10. The van der Waals surface area contributed by atoms with Crippen LogP contribution in [0.25, 0.3) is 11.4 Å². The second-order valence-corrected chi connectivity index (χ2v) is 7.65. The number of benzene rings is 1. The normalized spacial score (nSPS) is 19.4. The summed E-state index contributed by atoms with van der Waals surface area (Å²) >= 11 is 0. The van der Waals surface area contributed by atoms with Gasteiger partial charge in [0.15, 0.2) is 5.82 Å². The Labute approximate surface area is 154 Å². The summed E-state index contributed by atoms with van der Waals surface area (Å²) in [6.07, 6.45) is 9.28. The highest BCUT2D eigenvalue weighted by atomic mass is 16.2. The lowest BCUT2D eigenvalue weighted by Crippen LogP contribution is -2.52. The van der Waals surface area contributed by atoms with E-state index in [2.05, 4.69) is 20.1 Å². The van der Waals surface area contributed by atoms with E-state index in [4.69, 9.17) is 5.73 Å². The number of hydrogen-bond acceptors (Lipinski definition) is 4. The van der Waals surface area contributed by atoms with Gasteiger partial charge in [-0.05, 0) is 37.8 Å². The van der Waals surface area contributed by atoms with E-state index in [1.54, 1.807) is 0 Å². The van der Waals surface area contributed by atoms with Crippen molar-refractivity contribution in [3.63, 3.8) is 0 Å². The molecule has 1 aliphatic heterocycles. The monoisotopic (exact) mass is 353 g/mol. The number of nitrogens with two attached hydrogens (primary N) is 1. The molecule has 0 saturated heterocycles. The second kappa shape index (κ2) is 7.19. The molecule has 1 saturated carbocycles. The van der Waals surface area contributed by atoms with E-state index < -0.39 is 5.54 Å². The van der Waals surface area contributed by atoms with Crippen molar-refractivity contribution < 1.29 is 4.79 Å². The highest BCUT2D eigenvalue weighted by Crippen LogP contribution is 2.29. The van der Waals surface area contributed by atoms with Crippen molar-refractivity contribution in [3.8, 4) is 11.4 Å². The third kappa shape index (κ3) is 3.38. The molecule has 1 aliphatic carbocycles. The number of rotatable bonds is 3. The zero-order chi connectivity index (χ0) is 18.0. The smallest absolute Gasteiger partial charge is 0.244 e. The third-order valence-corrected chi connectivity index (χ3v) is 5.69. The predicted molar refractivity (Wildman–Crippen MR) is 102 cm³/mol. The number of hydrogen-bond donors (Lipinski definition) is 2. The van der Waals surface area contributed by atoms with Crippen molar-refractivity contribution in [1.82, 2.24) is 14.8 Å². The summed E-state index contributed by atoms with van der Waals surface area (Å²) in [5.41, 5.74) is 7.37. The van der Waals surface area contributed by atoms with E-state index in [0.29, 0.717) is 0 Å². The van der Waals surface area contributed by atoms with Gasteiger partial charge >= 0.3 is 0 Å². The maximum absolute atomic E-state index is 12.7. The van der Waals surface area contributed by atoms with Gasteiger partial charge in [-0.1, -0.05) is 37.8 Å². The summed E-state index contributed by atoms with van der Waals surface area (Å²) < 4.78 is 2.22. The van der Waals surface area contributed by atoms with Crippen LogP contribution in [-0.2, 0) is 17.8 Å². The van der Waals surface area contributed by atoms with Crippen LogP contribution in [-0.4, -0.2) is 26.2 Å². The van der Waals surface area contributed by atoms with Gasteiger partial charge in [-0.25, -0.2) is 0 Å². The Bertz CT molecular complexity index is 791.